The van der Waals surface area contributed by atoms with Crippen LogP contribution >= 0.6 is 0 Å². The van der Waals surface area contributed by atoms with E-state index in [9.17, 15) is 19.8 Å². The highest BCUT2D eigenvalue weighted by Crippen LogP contribution is 2.16. The van der Waals surface area contributed by atoms with Gasteiger partial charge in [0.1, 0.15) is 5.76 Å². The van der Waals surface area contributed by atoms with Gasteiger partial charge in [-0.1, -0.05) is 0 Å². The molecule has 1 N–H and O–H groups in total. The number of carboxylic acids is 1. The molecule has 0 saturated carbocycles. The van der Waals surface area contributed by atoms with E-state index in [-0.39, 0.29) is 24.5 Å². The van der Waals surface area contributed by atoms with E-state index in [1.54, 1.807) is 6.92 Å². The largest absolute Gasteiger partial charge is 0.550 e. The molecule has 0 aromatic carbocycles. The first-order chi connectivity index (χ1) is 8.45. The van der Waals surface area contributed by atoms with Crippen LogP contribution < -0.4 is 5.11 Å². The van der Waals surface area contributed by atoms with E-state index in [4.69, 9.17) is 9.15 Å². The Bertz CT molecular complexity index is 420. The average Bonchev–Trinajstić information content (AvgIpc) is 2.73. The summed E-state index contributed by atoms with van der Waals surface area (Å²) in [5, 5.41) is 20.1. The zero-order valence-electron chi connectivity index (χ0n) is 10.2. The Balaban J connectivity index is 2.74. The summed E-state index contributed by atoms with van der Waals surface area (Å²) in [4.78, 5) is 22.1. The highest BCUT2D eigenvalue weighted by molar-refractivity contribution is 5.86. The number of carbonyl (C=O) groups excluding carboxylic acids is 2. The second-order valence-corrected chi connectivity index (χ2v) is 3.86. The van der Waals surface area contributed by atoms with Gasteiger partial charge < -0.3 is 24.2 Å². The third kappa shape index (κ3) is 3.59. The number of carbonyl (C=O) groups is 2. The van der Waals surface area contributed by atoms with Crippen molar-refractivity contribution in [1.29, 1.82) is 0 Å². The van der Waals surface area contributed by atoms with Gasteiger partial charge in [-0.25, -0.2) is 4.79 Å². The number of carboxylic acid groups (broad SMARTS) is 1. The Morgan fingerprint density at radius 3 is 2.67 bits per heavy atom. The Morgan fingerprint density at radius 2 is 2.17 bits per heavy atom. The Kier molecular flexibility index (Phi) is 4.91. The number of aliphatic hydroxyl groups excluding tert-OH is 1. The number of esters is 1. The molecule has 1 aromatic heterocycles. The molecular formula is C12H15O6-. The van der Waals surface area contributed by atoms with Crippen LogP contribution in [0.4, 0.5) is 0 Å². The molecule has 0 radical (unpaired) electrons. The van der Waals surface area contributed by atoms with Gasteiger partial charge in [-0.05, 0) is 26.0 Å². The lowest BCUT2D eigenvalue weighted by Crippen LogP contribution is -2.38. The van der Waals surface area contributed by atoms with Crippen molar-refractivity contribution in [2.24, 2.45) is 5.92 Å². The van der Waals surface area contributed by atoms with Crippen LogP contribution in [0, 0.1) is 5.92 Å². The number of hydrogen-bond donors (Lipinski definition) is 1. The van der Waals surface area contributed by atoms with Crippen LogP contribution in [-0.4, -0.2) is 29.8 Å². The lowest BCUT2D eigenvalue weighted by Gasteiger charge is -2.19. The summed E-state index contributed by atoms with van der Waals surface area (Å²) in [6.07, 6.45) is -1.11. The number of ether oxygens (including phenoxy) is 1. The summed E-state index contributed by atoms with van der Waals surface area (Å²) >= 11 is 0. The van der Waals surface area contributed by atoms with Gasteiger partial charge in [0.05, 0.1) is 12.7 Å². The number of aliphatic carboxylic acids is 1. The van der Waals surface area contributed by atoms with Gasteiger partial charge in [0, 0.05) is 18.3 Å². The van der Waals surface area contributed by atoms with Gasteiger partial charge in [0.15, 0.2) is 0 Å². The first-order valence-corrected chi connectivity index (χ1v) is 5.60. The van der Waals surface area contributed by atoms with Crippen molar-refractivity contribution < 1.29 is 29.0 Å². The summed E-state index contributed by atoms with van der Waals surface area (Å²) in [5.74, 6) is -2.75. The standard InChI is InChI=1S/C12H16O6/c1-3-17-12(16)10-5-4-8(18-10)6-9(7(2)13)11(14)15/h4-5,7,9,13H,3,6H2,1-2H3,(H,14,15)/p-1. The maximum atomic E-state index is 11.3. The minimum atomic E-state index is -1.36. The zero-order chi connectivity index (χ0) is 13.7. The van der Waals surface area contributed by atoms with E-state index in [0.717, 1.165) is 0 Å². The average molecular weight is 255 g/mol. The maximum Gasteiger partial charge on any atom is 0.374 e. The predicted octanol–water partition coefficient (Wildman–Crippen LogP) is -0.254. The Morgan fingerprint density at radius 1 is 1.50 bits per heavy atom. The van der Waals surface area contributed by atoms with E-state index < -0.39 is 24.0 Å². The molecule has 2 atom stereocenters. The summed E-state index contributed by atoms with van der Waals surface area (Å²) in [6.45, 7) is 3.25. The van der Waals surface area contributed by atoms with E-state index in [1.807, 2.05) is 0 Å². The van der Waals surface area contributed by atoms with Crippen LogP contribution in [0.5, 0.6) is 0 Å². The molecule has 1 heterocycles. The topological polar surface area (TPSA) is 99.8 Å². The van der Waals surface area contributed by atoms with Gasteiger partial charge in [-0.2, -0.15) is 0 Å². The molecule has 2 unspecified atom stereocenters. The van der Waals surface area contributed by atoms with Gasteiger partial charge in [-0.15, -0.1) is 0 Å². The van der Waals surface area contributed by atoms with Crippen molar-refractivity contribution in [3.05, 3.63) is 23.7 Å². The second-order valence-electron chi connectivity index (χ2n) is 3.86. The fraction of sp³-hybridized carbons (Fsp3) is 0.500. The van der Waals surface area contributed by atoms with Crippen LogP contribution in [0.15, 0.2) is 16.5 Å². The molecule has 0 bridgehead atoms. The molecule has 100 valence electrons. The van der Waals surface area contributed by atoms with Crippen molar-refractivity contribution >= 4 is 11.9 Å². The van der Waals surface area contributed by atoms with E-state index in [0.29, 0.717) is 0 Å². The first-order valence-electron chi connectivity index (χ1n) is 5.60. The molecule has 18 heavy (non-hydrogen) atoms. The SMILES string of the molecule is CCOC(=O)c1ccc(CC(C(=O)[O-])C(C)O)o1. The van der Waals surface area contributed by atoms with Gasteiger partial charge >= 0.3 is 5.97 Å². The Hall–Kier alpha value is -1.82. The molecule has 0 fully saturated rings. The normalized spacial score (nSPS) is 13.9. The van der Waals surface area contributed by atoms with Gasteiger partial charge in [0.2, 0.25) is 5.76 Å². The minimum absolute atomic E-state index is 0.00883. The molecule has 0 aliphatic heterocycles. The molecule has 0 aliphatic rings. The van der Waals surface area contributed by atoms with E-state index in [2.05, 4.69) is 0 Å². The second kappa shape index (κ2) is 6.20. The quantitative estimate of drug-likeness (QED) is 0.703. The van der Waals surface area contributed by atoms with Crippen LogP contribution in [0.25, 0.3) is 0 Å². The van der Waals surface area contributed by atoms with E-state index in [1.165, 1.54) is 19.1 Å². The highest BCUT2D eigenvalue weighted by atomic mass is 16.5. The Labute approximate surface area is 104 Å². The lowest BCUT2D eigenvalue weighted by molar-refractivity contribution is -0.314. The molecule has 0 aliphatic carbocycles. The summed E-state index contributed by atoms with van der Waals surface area (Å²) in [5.41, 5.74) is 0. The monoisotopic (exact) mass is 255 g/mol. The third-order valence-electron chi connectivity index (χ3n) is 2.44. The van der Waals surface area contributed by atoms with Crippen LogP contribution in [-0.2, 0) is 16.0 Å². The van der Waals surface area contributed by atoms with E-state index >= 15 is 0 Å². The van der Waals surface area contributed by atoms with Crippen molar-refractivity contribution in [3.8, 4) is 0 Å². The number of furan rings is 1. The zero-order valence-corrected chi connectivity index (χ0v) is 10.2. The fourth-order valence-corrected chi connectivity index (χ4v) is 1.47. The van der Waals surface area contributed by atoms with Crippen molar-refractivity contribution in [3.63, 3.8) is 0 Å². The summed E-state index contributed by atoms with van der Waals surface area (Å²) in [6, 6.07) is 2.88. The van der Waals surface area contributed by atoms with Crippen LogP contribution in [0.1, 0.15) is 30.2 Å². The molecule has 0 saturated heterocycles. The van der Waals surface area contributed by atoms with Crippen molar-refractivity contribution in [2.75, 3.05) is 6.61 Å². The molecule has 1 rings (SSSR count). The third-order valence-corrected chi connectivity index (χ3v) is 2.44. The number of hydrogen-bond acceptors (Lipinski definition) is 6. The molecule has 6 nitrogen and oxygen atoms in total. The smallest absolute Gasteiger partial charge is 0.374 e. The molecular weight excluding hydrogens is 240 g/mol. The minimum Gasteiger partial charge on any atom is -0.550 e. The molecule has 0 spiro atoms. The molecule has 1 aromatic rings. The van der Waals surface area contributed by atoms with Gasteiger partial charge in [-0.3, -0.25) is 0 Å². The lowest BCUT2D eigenvalue weighted by atomic mass is 9.99. The molecule has 6 heteroatoms. The maximum absolute atomic E-state index is 11.3. The number of rotatable bonds is 6. The van der Waals surface area contributed by atoms with Crippen molar-refractivity contribution in [2.45, 2.75) is 26.4 Å². The number of aliphatic hydroxyl groups is 1. The predicted molar refractivity (Wildman–Crippen MR) is 58.5 cm³/mol. The summed E-state index contributed by atoms with van der Waals surface area (Å²) in [7, 11) is 0. The van der Waals surface area contributed by atoms with Crippen LogP contribution in [0.2, 0.25) is 0 Å². The molecule has 0 amide bonds. The highest BCUT2D eigenvalue weighted by Gasteiger charge is 2.20. The van der Waals surface area contributed by atoms with Gasteiger partial charge in [0.25, 0.3) is 0 Å². The summed E-state index contributed by atoms with van der Waals surface area (Å²) < 4.78 is 9.88. The van der Waals surface area contributed by atoms with Crippen molar-refractivity contribution in [1.82, 2.24) is 0 Å². The first kappa shape index (κ1) is 14.2. The fourth-order valence-electron chi connectivity index (χ4n) is 1.47. The van der Waals surface area contributed by atoms with Crippen LogP contribution in [0.3, 0.4) is 0 Å².